The maximum Gasteiger partial charge on any atom is 0.229 e. The van der Waals surface area contributed by atoms with E-state index in [-0.39, 0.29) is 5.41 Å². The zero-order chi connectivity index (χ0) is 13.4. The van der Waals surface area contributed by atoms with Crippen LogP contribution in [0.4, 0.5) is 0 Å². The molecule has 0 saturated carbocycles. The van der Waals surface area contributed by atoms with E-state index in [1.54, 1.807) is 0 Å². The van der Waals surface area contributed by atoms with Crippen molar-refractivity contribution < 1.29 is 4.79 Å². The number of piperidine rings is 1. The van der Waals surface area contributed by atoms with Gasteiger partial charge in [0.15, 0.2) is 0 Å². The molecule has 1 unspecified atom stereocenters. The lowest BCUT2D eigenvalue weighted by Gasteiger charge is -2.37. The van der Waals surface area contributed by atoms with Crippen LogP contribution in [0.25, 0.3) is 0 Å². The van der Waals surface area contributed by atoms with Gasteiger partial charge in [-0.05, 0) is 39.2 Å². The fourth-order valence-electron chi connectivity index (χ4n) is 2.63. The van der Waals surface area contributed by atoms with Crippen molar-refractivity contribution in [2.24, 2.45) is 5.41 Å². The van der Waals surface area contributed by atoms with E-state index in [4.69, 9.17) is 0 Å². The average Bonchev–Trinajstić information content (AvgIpc) is 2.39. The molecule has 0 bridgehead atoms. The predicted octanol–water partition coefficient (Wildman–Crippen LogP) is 2.80. The molecule has 0 radical (unpaired) electrons. The van der Waals surface area contributed by atoms with E-state index >= 15 is 0 Å². The lowest BCUT2D eigenvalue weighted by molar-refractivity contribution is -0.142. The Hall–Kier alpha value is -0.570. The van der Waals surface area contributed by atoms with Crippen LogP contribution in [0, 0.1) is 5.41 Å². The van der Waals surface area contributed by atoms with E-state index in [1.807, 2.05) is 0 Å². The molecule has 1 N–H and O–H groups in total. The lowest BCUT2D eigenvalue weighted by Crippen LogP contribution is -2.50. The Kier molecular flexibility index (Phi) is 6.69. The zero-order valence-corrected chi connectivity index (χ0v) is 12.4. The lowest BCUT2D eigenvalue weighted by atomic mass is 9.81. The molecule has 0 aromatic heterocycles. The minimum absolute atomic E-state index is 0.167. The largest absolute Gasteiger partial charge is 0.342 e. The summed E-state index contributed by atoms with van der Waals surface area (Å²) in [5.74, 6) is 0.372. The van der Waals surface area contributed by atoms with Crippen molar-refractivity contribution in [2.75, 3.05) is 26.2 Å². The maximum atomic E-state index is 12.7. The van der Waals surface area contributed by atoms with Crippen LogP contribution in [0.5, 0.6) is 0 Å². The number of carbonyl (C=O) groups is 1. The summed E-state index contributed by atoms with van der Waals surface area (Å²) in [4.78, 5) is 14.8. The third kappa shape index (κ3) is 4.27. The molecular weight excluding hydrogens is 224 g/mol. The number of nitrogens with one attached hydrogen (secondary N) is 1. The van der Waals surface area contributed by atoms with Crippen LogP contribution in [-0.2, 0) is 4.79 Å². The number of amides is 1. The second-order valence-electron chi connectivity index (χ2n) is 5.84. The zero-order valence-electron chi connectivity index (χ0n) is 12.4. The average molecular weight is 254 g/mol. The molecule has 3 heteroatoms. The number of hydrogen-bond donors (Lipinski definition) is 1. The molecule has 1 heterocycles. The Labute approximate surface area is 112 Å². The standard InChI is InChI=1S/C15H30N2O/c1-4-6-11-17(12-7-5-2)14(18)15(3)9-8-10-16-13-15/h16H,4-13H2,1-3H3. The Balaban J connectivity index is 2.60. The van der Waals surface area contributed by atoms with Crippen LogP contribution in [-0.4, -0.2) is 37.0 Å². The van der Waals surface area contributed by atoms with Crippen molar-refractivity contribution in [3.05, 3.63) is 0 Å². The Morgan fingerprint density at radius 3 is 2.28 bits per heavy atom. The molecule has 1 fully saturated rings. The maximum absolute atomic E-state index is 12.7. The van der Waals surface area contributed by atoms with Gasteiger partial charge >= 0.3 is 0 Å². The molecule has 3 nitrogen and oxygen atoms in total. The first-order chi connectivity index (χ1) is 8.64. The molecule has 0 aromatic carbocycles. The smallest absolute Gasteiger partial charge is 0.229 e. The van der Waals surface area contributed by atoms with E-state index in [2.05, 4.69) is 31.0 Å². The van der Waals surface area contributed by atoms with E-state index in [9.17, 15) is 4.79 Å². The van der Waals surface area contributed by atoms with Gasteiger partial charge in [-0.15, -0.1) is 0 Å². The molecule has 1 aliphatic rings. The molecule has 1 atom stereocenters. The van der Waals surface area contributed by atoms with Crippen molar-refractivity contribution >= 4 is 5.91 Å². The molecular formula is C15H30N2O. The molecule has 1 amide bonds. The Bertz CT molecular complexity index is 239. The van der Waals surface area contributed by atoms with E-state index in [0.29, 0.717) is 5.91 Å². The molecule has 106 valence electrons. The number of hydrogen-bond acceptors (Lipinski definition) is 2. The highest BCUT2D eigenvalue weighted by atomic mass is 16.2. The fourth-order valence-corrected chi connectivity index (χ4v) is 2.63. The summed E-state index contributed by atoms with van der Waals surface area (Å²) in [5, 5.41) is 3.38. The molecule has 0 spiro atoms. The summed E-state index contributed by atoms with van der Waals surface area (Å²) in [5.41, 5.74) is -0.167. The monoisotopic (exact) mass is 254 g/mol. The highest BCUT2D eigenvalue weighted by Gasteiger charge is 2.37. The minimum Gasteiger partial charge on any atom is -0.342 e. The van der Waals surface area contributed by atoms with Crippen LogP contribution in [0.15, 0.2) is 0 Å². The normalized spacial score (nSPS) is 23.9. The molecule has 1 saturated heterocycles. The second kappa shape index (κ2) is 7.78. The molecule has 1 rings (SSSR count). The van der Waals surface area contributed by atoms with Crippen LogP contribution in [0.2, 0.25) is 0 Å². The van der Waals surface area contributed by atoms with Gasteiger partial charge < -0.3 is 10.2 Å². The fraction of sp³-hybridized carbons (Fsp3) is 0.933. The van der Waals surface area contributed by atoms with Gasteiger partial charge in [-0.3, -0.25) is 4.79 Å². The van der Waals surface area contributed by atoms with Gasteiger partial charge in [0.1, 0.15) is 0 Å². The quantitative estimate of drug-likeness (QED) is 0.757. The number of unbranched alkanes of at least 4 members (excludes halogenated alkanes) is 2. The summed E-state index contributed by atoms with van der Waals surface area (Å²) < 4.78 is 0. The van der Waals surface area contributed by atoms with E-state index in [1.165, 1.54) is 0 Å². The first kappa shape index (κ1) is 15.5. The summed E-state index contributed by atoms with van der Waals surface area (Å²) in [6.45, 7) is 10.3. The SMILES string of the molecule is CCCCN(CCCC)C(=O)C1(C)CCCNC1. The highest BCUT2D eigenvalue weighted by Crippen LogP contribution is 2.28. The van der Waals surface area contributed by atoms with Crippen molar-refractivity contribution in [2.45, 2.75) is 59.3 Å². The van der Waals surface area contributed by atoms with Crippen LogP contribution in [0.3, 0.4) is 0 Å². The van der Waals surface area contributed by atoms with Gasteiger partial charge in [0.05, 0.1) is 5.41 Å². The molecule has 1 aliphatic heterocycles. The van der Waals surface area contributed by atoms with E-state index < -0.39 is 0 Å². The summed E-state index contributed by atoms with van der Waals surface area (Å²) in [7, 11) is 0. The van der Waals surface area contributed by atoms with Crippen molar-refractivity contribution in [1.29, 1.82) is 0 Å². The van der Waals surface area contributed by atoms with Crippen LogP contribution < -0.4 is 5.32 Å². The van der Waals surface area contributed by atoms with Gasteiger partial charge in [-0.2, -0.15) is 0 Å². The summed E-state index contributed by atoms with van der Waals surface area (Å²) >= 11 is 0. The Morgan fingerprint density at radius 1 is 1.22 bits per heavy atom. The van der Waals surface area contributed by atoms with Gasteiger partial charge in [0.25, 0.3) is 0 Å². The van der Waals surface area contributed by atoms with Gasteiger partial charge in [0.2, 0.25) is 5.91 Å². The number of carbonyl (C=O) groups excluding carboxylic acids is 1. The molecule has 18 heavy (non-hydrogen) atoms. The molecule has 0 aromatic rings. The van der Waals surface area contributed by atoms with Crippen molar-refractivity contribution in [3.8, 4) is 0 Å². The first-order valence-electron chi connectivity index (χ1n) is 7.64. The van der Waals surface area contributed by atoms with Crippen molar-refractivity contribution in [1.82, 2.24) is 10.2 Å². The molecule has 0 aliphatic carbocycles. The topological polar surface area (TPSA) is 32.3 Å². The van der Waals surface area contributed by atoms with Crippen LogP contribution in [0.1, 0.15) is 59.3 Å². The second-order valence-corrected chi connectivity index (χ2v) is 5.84. The number of rotatable bonds is 7. The highest BCUT2D eigenvalue weighted by molar-refractivity contribution is 5.82. The van der Waals surface area contributed by atoms with Crippen molar-refractivity contribution in [3.63, 3.8) is 0 Å². The van der Waals surface area contributed by atoms with Gasteiger partial charge in [-0.25, -0.2) is 0 Å². The third-order valence-corrected chi connectivity index (χ3v) is 3.96. The van der Waals surface area contributed by atoms with Gasteiger partial charge in [0, 0.05) is 19.6 Å². The van der Waals surface area contributed by atoms with Crippen LogP contribution >= 0.6 is 0 Å². The summed E-state index contributed by atoms with van der Waals surface area (Å²) in [6.07, 6.45) is 6.72. The number of nitrogens with zero attached hydrogens (tertiary/aromatic N) is 1. The Morgan fingerprint density at radius 2 is 1.83 bits per heavy atom. The summed E-state index contributed by atoms with van der Waals surface area (Å²) in [6, 6.07) is 0. The third-order valence-electron chi connectivity index (χ3n) is 3.96. The van der Waals surface area contributed by atoms with Gasteiger partial charge in [-0.1, -0.05) is 26.7 Å². The predicted molar refractivity (Wildman–Crippen MR) is 76.6 cm³/mol. The minimum atomic E-state index is -0.167. The first-order valence-corrected chi connectivity index (χ1v) is 7.64. The van der Waals surface area contributed by atoms with E-state index in [0.717, 1.165) is 64.7 Å².